The van der Waals surface area contributed by atoms with E-state index in [1.807, 2.05) is 7.05 Å². The Kier molecular flexibility index (Phi) is 7.57. The number of rotatable bonds is 6. The number of nitrogens with zero attached hydrogens (tertiary/aromatic N) is 2. The zero-order valence-corrected chi connectivity index (χ0v) is 15.8. The van der Waals surface area contributed by atoms with Gasteiger partial charge in [0.25, 0.3) is 0 Å². The average molecular weight is 331 g/mol. The molecule has 0 aromatic heterocycles. The van der Waals surface area contributed by atoms with E-state index in [4.69, 9.17) is 0 Å². The average Bonchev–Trinajstić information content (AvgIpc) is 2.61. The van der Waals surface area contributed by atoms with Crippen LogP contribution >= 0.6 is 0 Å². The molecule has 2 unspecified atom stereocenters. The van der Waals surface area contributed by atoms with Crippen LogP contribution in [0.5, 0.6) is 0 Å². The highest BCUT2D eigenvalue weighted by Gasteiger charge is 2.19. The van der Waals surface area contributed by atoms with Crippen molar-refractivity contribution in [3.63, 3.8) is 0 Å². The van der Waals surface area contributed by atoms with Crippen LogP contribution < -0.4 is 10.6 Å². The van der Waals surface area contributed by atoms with Crippen LogP contribution in [0, 0.1) is 0 Å². The van der Waals surface area contributed by atoms with Crippen molar-refractivity contribution in [3.05, 3.63) is 35.4 Å². The summed E-state index contributed by atoms with van der Waals surface area (Å²) in [6, 6.07) is 9.90. The highest BCUT2D eigenvalue weighted by molar-refractivity contribution is 5.79. The Labute approximate surface area is 147 Å². The Morgan fingerprint density at radius 3 is 2.71 bits per heavy atom. The minimum absolute atomic E-state index is 0.431. The summed E-state index contributed by atoms with van der Waals surface area (Å²) < 4.78 is 0. The Morgan fingerprint density at radius 1 is 1.29 bits per heavy atom. The smallest absolute Gasteiger partial charge is 0.191 e. The molecule has 4 heteroatoms. The summed E-state index contributed by atoms with van der Waals surface area (Å²) in [5.41, 5.74) is 2.79. The first-order valence-electron chi connectivity index (χ1n) is 9.42. The third kappa shape index (κ3) is 5.52. The number of guanidine groups is 1. The molecule has 134 valence electrons. The Balaban J connectivity index is 1.98. The second-order valence-corrected chi connectivity index (χ2v) is 6.96. The number of hydrogen-bond acceptors (Lipinski definition) is 2. The first-order valence-corrected chi connectivity index (χ1v) is 9.42. The van der Waals surface area contributed by atoms with Crippen LogP contribution in [0.15, 0.2) is 29.3 Å². The molecule has 4 nitrogen and oxygen atoms in total. The SMILES string of the molecule is CCC(C)NC(=NC)NCc1ccccc1CN1CCCCC1C. The third-order valence-electron chi connectivity index (χ3n) is 5.10. The van der Waals surface area contributed by atoms with Crippen LogP contribution in [0.2, 0.25) is 0 Å². The summed E-state index contributed by atoms with van der Waals surface area (Å²) in [6.45, 7) is 9.81. The molecule has 2 N–H and O–H groups in total. The molecular formula is C20H34N4. The fourth-order valence-electron chi connectivity index (χ4n) is 3.20. The zero-order valence-electron chi connectivity index (χ0n) is 15.8. The van der Waals surface area contributed by atoms with E-state index in [1.54, 1.807) is 0 Å². The highest BCUT2D eigenvalue weighted by atomic mass is 15.2. The first-order chi connectivity index (χ1) is 11.6. The van der Waals surface area contributed by atoms with Crippen LogP contribution in [0.25, 0.3) is 0 Å². The second kappa shape index (κ2) is 9.67. The number of aliphatic imine (C=N–C) groups is 1. The maximum absolute atomic E-state index is 4.33. The third-order valence-corrected chi connectivity index (χ3v) is 5.10. The molecule has 1 aromatic carbocycles. The van der Waals surface area contributed by atoms with E-state index in [0.29, 0.717) is 12.1 Å². The topological polar surface area (TPSA) is 39.7 Å². The highest BCUT2D eigenvalue weighted by Crippen LogP contribution is 2.20. The molecule has 24 heavy (non-hydrogen) atoms. The summed E-state index contributed by atoms with van der Waals surface area (Å²) in [5, 5.41) is 6.88. The zero-order chi connectivity index (χ0) is 17.4. The summed E-state index contributed by atoms with van der Waals surface area (Å²) >= 11 is 0. The monoisotopic (exact) mass is 330 g/mol. The quantitative estimate of drug-likeness (QED) is 0.619. The fraction of sp³-hybridized carbons (Fsp3) is 0.650. The Bertz CT molecular complexity index is 526. The lowest BCUT2D eigenvalue weighted by Gasteiger charge is -2.33. The van der Waals surface area contributed by atoms with Gasteiger partial charge in [0, 0.05) is 32.2 Å². The fourth-order valence-corrected chi connectivity index (χ4v) is 3.20. The maximum atomic E-state index is 4.33. The lowest BCUT2D eigenvalue weighted by molar-refractivity contribution is 0.152. The van der Waals surface area contributed by atoms with Crippen molar-refractivity contribution in [1.29, 1.82) is 0 Å². The van der Waals surface area contributed by atoms with Gasteiger partial charge in [-0.25, -0.2) is 0 Å². The first kappa shape index (κ1) is 18.8. The van der Waals surface area contributed by atoms with Gasteiger partial charge in [0.05, 0.1) is 0 Å². The molecule has 0 saturated carbocycles. The number of nitrogens with one attached hydrogen (secondary N) is 2. The molecule has 1 fully saturated rings. The van der Waals surface area contributed by atoms with Gasteiger partial charge in [0.1, 0.15) is 0 Å². The Hall–Kier alpha value is -1.55. The minimum atomic E-state index is 0.431. The van der Waals surface area contributed by atoms with E-state index in [0.717, 1.165) is 25.5 Å². The van der Waals surface area contributed by atoms with Gasteiger partial charge < -0.3 is 10.6 Å². The van der Waals surface area contributed by atoms with Gasteiger partial charge >= 0.3 is 0 Å². The normalized spacial score (nSPS) is 20.7. The number of likely N-dealkylation sites (tertiary alicyclic amines) is 1. The van der Waals surface area contributed by atoms with E-state index in [1.165, 1.54) is 36.9 Å². The van der Waals surface area contributed by atoms with Gasteiger partial charge in [0.2, 0.25) is 0 Å². The van der Waals surface area contributed by atoms with Crippen LogP contribution in [-0.4, -0.2) is 36.5 Å². The van der Waals surface area contributed by atoms with Gasteiger partial charge in [0.15, 0.2) is 5.96 Å². The van der Waals surface area contributed by atoms with E-state index < -0.39 is 0 Å². The summed E-state index contributed by atoms with van der Waals surface area (Å²) in [4.78, 5) is 6.95. The molecule has 0 spiro atoms. The van der Waals surface area contributed by atoms with E-state index in [2.05, 4.69) is 65.6 Å². The molecule has 1 aliphatic rings. The molecule has 0 bridgehead atoms. The maximum Gasteiger partial charge on any atom is 0.191 e. The largest absolute Gasteiger partial charge is 0.354 e. The molecule has 0 aliphatic carbocycles. The summed E-state index contributed by atoms with van der Waals surface area (Å²) in [6.07, 6.45) is 5.12. The minimum Gasteiger partial charge on any atom is -0.354 e. The summed E-state index contributed by atoms with van der Waals surface area (Å²) in [5.74, 6) is 0.880. The van der Waals surface area contributed by atoms with Gasteiger partial charge in [-0.15, -0.1) is 0 Å². The molecular weight excluding hydrogens is 296 g/mol. The van der Waals surface area contributed by atoms with Crippen LogP contribution in [0.1, 0.15) is 57.6 Å². The van der Waals surface area contributed by atoms with Crippen LogP contribution in [0.3, 0.4) is 0 Å². The van der Waals surface area contributed by atoms with Crippen molar-refractivity contribution < 1.29 is 0 Å². The molecule has 1 saturated heterocycles. The van der Waals surface area contributed by atoms with Crippen molar-refractivity contribution >= 4 is 5.96 Å². The number of piperidine rings is 1. The Morgan fingerprint density at radius 2 is 2.04 bits per heavy atom. The predicted octanol–water partition coefficient (Wildman–Crippen LogP) is 3.52. The van der Waals surface area contributed by atoms with Gasteiger partial charge in [-0.3, -0.25) is 9.89 Å². The molecule has 2 rings (SSSR count). The van der Waals surface area contributed by atoms with Crippen molar-refractivity contribution in [2.75, 3.05) is 13.6 Å². The number of hydrogen-bond donors (Lipinski definition) is 2. The van der Waals surface area contributed by atoms with Crippen LogP contribution in [-0.2, 0) is 13.1 Å². The lowest BCUT2D eigenvalue weighted by atomic mass is 10.0. The molecule has 1 aliphatic heterocycles. The standard InChI is InChI=1S/C20H34N4/c1-5-16(2)23-20(21-4)22-14-18-11-6-7-12-19(18)15-24-13-9-8-10-17(24)3/h6-7,11-12,16-17H,5,8-10,13-15H2,1-4H3,(H2,21,22,23). The van der Waals surface area contributed by atoms with Gasteiger partial charge in [-0.2, -0.15) is 0 Å². The van der Waals surface area contributed by atoms with Crippen molar-refractivity contribution in [3.8, 4) is 0 Å². The van der Waals surface area contributed by atoms with E-state index in [-0.39, 0.29) is 0 Å². The summed E-state index contributed by atoms with van der Waals surface area (Å²) in [7, 11) is 1.83. The van der Waals surface area contributed by atoms with Gasteiger partial charge in [-0.05, 0) is 50.8 Å². The molecule has 1 heterocycles. The molecule has 0 amide bonds. The van der Waals surface area contributed by atoms with Crippen LogP contribution in [0.4, 0.5) is 0 Å². The molecule has 2 atom stereocenters. The van der Waals surface area contributed by atoms with Crippen molar-refractivity contribution in [2.45, 2.75) is 71.6 Å². The molecule has 1 aromatic rings. The predicted molar refractivity (Wildman–Crippen MR) is 103 cm³/mol. The van der Waals surface area contributed by atoms with Crippen molar-refractivity contribution in [2.24, 2.45) is 4.99 Å². The van der Waals surface area contributed by atoms with Crippen molar-refractivity contribution in [1.82, 2.24) is 15.5 Å². The lowest BCUT2D eigenvalue weighted by Crippen LogP contribution is -2.42. The van der Waals surface area contributed by atoms with Gasteiger partial charge in [-0.1, -0.05) is 37.6 Å². The number of benzene rings is 1. The molecule has 0 radical (unpaired) electrons. The van der Waals surface area contributed by atoms with E-state index in [9.17, 15) is 0 Å². The van der Waals surface area contributed by atoms with E-state index >= 15 is 0 Å². The second-order valence-electron chi connectivity index (χ2n) is 6.96.